The molecular formula is C23H31N5OS. The van der Waals surface area contributed by atoms with Crippen molar-refractivity contribution in [3.63, 3.8) is 0 Å². The summed E-state index contributed by atoms with van der Waals surface area (Å²) in [7, 11) is 0. The summed E-state index contributed by atoms with van der Waals surface area (Å²) in [6.07, 6.45) is 8.59. The van der Waals surface area contributed by atoms with E-state index in [1.165, 1.54) is 32.1 Å². The van der Waals surface area contributed by atoms with Gasteiger partial charge < -0.3 is 20.3 Å². The van der Waals surface area contributed by atoms with Crippen LogP contribution in [0.5, 0.6) is 11.6 Å². The van der Waals surface area contributed by atoms with Gasteiger partial charge in [-0.2, -0.15) is 9.97 Å². The molecular weight excluding hydrogens is 394 g/mol. The van der Waals surface area contributed by atoms with E-state index in [1.54, 1.807) is 0 Å². The number of ether oxygens (including phenoxy) is 1. The Bertz CT molecular complexity index is 841. The lowest BCUT2D eigenvalue weighted by Gasteiger charge is -2.32. The molecule has 0 spiro atoms. The highest BCUT2D eigenvalue weighted by Crippen LogP contribution is 2.28. The molecule has 1 saturated heterocycles. The lowest BCUT2D eigenvalue weighted by Crippen LogP contribution is -2.39. The summed E-state index contributed by atoms with van der Waals surface area (Å²) in [5, 5.41) is 7.21. The Morgan fingerprint density at radius 3 is 2.63 bits per heavy atom. The summed E-state index contributed by atoms with van der Waals surface area (Å²) in [5.74, 6) is 3.28. The van der Waals surface area contributed by atoms with Crippen LogP contribution in [-0.4, -0.2) is 34.2 Å². The number of benzene rings is 1. The van der Waals surface area contributed by atoms with Crippen molar-refractivity contribution in [2.24, 2.45) is 5.92 Å². The summed E-state index contributed by atoms with van der Waals surface area (Å²) in [5.41, 5.74) is 0. The first-order chi connectivity index (χ1) is 14.7. The van der Waals surface area contributed by atoms with Crippen molar-refractivity contribution in [3.05, 3.63) is 36.4 Å². The molecule has 2 fully saturated rings. The zero-order valence-electron chi connectivity index (χ0n) is 17.6. The minimum absolute atomic E-state index is 0.435. The smallest absolute Gasteiger partial charge is 0.234 e. The van der Waals surface area contributed by atoms with Crippen molar-refractivity contribution in [1.29, 1.82) is 0 Å². The van der Waals surface area contributed by atoms with Gasteiger partial charge in [0.1, 0.15) is 11.6 Å². The molecule has 1 aliphatic carbocycles. The van der Waals surface area contributed by atoms with Gasteiger partial charge in [-0.25, -0.2) is 0 Å². The highest BCUT2D eigenvalue weighted by atomic mass is 32.1. The maximum atomic E-state index is 6.03. The number of thiocarbonyl (C=S) groups is 1. The fraction of sp³-hybridized carbons (Fsp3) is 0.522. The van der Waals surface area contributed by atoms with E-state index in [0.717, 1.165) is 37.5 Å². The first kappa shape index (κ1) is 20.8. The lowest BCUT2D eigenvalue weighted by molar-refractivity contribution is 0.414. The number of para-hydroxylation sites is 1. The lowest BCUT2D eigenvalue weighted by atomic mass is 9.96. The van der Waals surface area contributed by atoms with Crippen molar-refractivity contribution in [2.75, 3.05) is 23.3 Å². The van der Waals surface area contributed by atoms with E-state index >= 15 is 0 Å². The molecule has 160 valence electrons. The molecule has 1 atom stereocenters. The first-order valence-electron chi connectivity index (χ1n) is 11.1. The Labute approximate surface area is 184 Å². The fourth-order valence-electron chi connectivity index (χ4n) is 4.26. The number of rotatable bonds is 5. The van der Waals surface area contributed by atoms with E-state index in [1.807, 2.05) is 36.4 Å². The molecule has 4 rings (SSSR count). The molecule has 1 aliphatic heterocycles. The Kier molecular flexibility index (Phi) is 7.00. The van der Waals surface area contributed by atoms with Crippen molar-refractivity contribution < 1.29 is 4.74 Å². The predicted molar refractivity (Wildman–Crippen MR) is 125 cm³/mol. The van der Waals surface area contributed by atoms with Gasteiger partial charge in [-0.05, 0) is 56.0 Å². The summed E-state index contributed by atoms with van der Waals surface area (Å²) < 4.78 is 6.03. The van der Waals surface area contributed by atoms with E-state index < -0.39 is 0 Å². The molecule has 2 N–H and O–H groups in total. The Morgan fingerprint density at radius 2 is 1.87 bits per heavy atom. The zero-order valence-corrected chi connectivity index (χ0v) is 18.5. The van der Waals surface area contributed by atoms with Crippen LogP contribution in [0.1, 0.15) is 51.9 Å². The minimum atomic E-state index is 0.435. The number of anilines is 2. The van der Waals surface area contributed by atoms with E-state index in [4.69, 9.17) is 21.9 Å². The topological polar surface area (TPSA) is 62.3 Å². The minimum Gasteiger partial charge on any atom is -0.439 e. The highest BCUT2D eigenvalue weighted by molar-refractivity contribution is 7.80. The van der Waals surface area contributed by atoms with Crippen LogP contribution in [0.4, 0.5) is 11.8 Å². The molecule has 1 saturated carbocycles. The van der Waals surface area contributed by atoms with Crippen molar-refractivity contribution >= 4 is 29.1 Å². The van der Waals surface area contributed by atoms with Crippen molar-refractivity contribution in [3.8, 4) is 11.6 Å². The molecule has 1 aromatic heterocycles. The van der Waals surface area contributed by atoms with Gasteiger partial charge in [-0.1, -0.05) is 44.4 Å². The molecule has 0 bridgehead atoms. The van der Waals surface area contributed by atoms with Crippen LogP contribution in [0.2, 0.25) is 0 Å². The number of nitrogens with one attached hydrogen (secondary N) is 2. The van der Waals surface area contributed by atoms with Crippen LogP contribution in [-0.2, 0) is 0 Å². The quantitative estimate of drug-likeness (QED) is 0.644. The SMILES string of the molecule is C[C@@H]1CCCN(c2cc(Oc3ccccc3)nc(NC(=S)NC3CCCCC3)n2)C1. The van der Waals surface area contributed by atoms with Crippen LogP contribution in [0.15, 0.2) is 36.4 Å². The van der Waals surface area contributed by atoms with Gasteiger partial charge in [0.2, 0.25) is 11.8 Å². The fourth-order valence-corrected chi connectivity index (χ4v) is 4.52. The molecule has 2 aliphatic rings. The van der Waals surface area contributed by atoms with Gasteiger partial charge in [0.05, 0.1) is 0 Å². The van der Waals surface area contributed by atoms with Crippen LogP contribution in [0, 0.1) is 5.92 Å². The van der Waals surface area contributed by atoms with Crippen LogP contribution in [0.3, 0.4) is 0 Å². The first-order valence-corrected chi connectivity index (χ1v) is 11.5. The third-order valence-corrected chi connectivity index (χ3v) is 6.02. The summed E-state index contributed by atoms with van der Waals surface area (Å²) in [4.78, 5) is 11.7. The van der Waals surface area contributed by atoms with Gasteiger partial charge >= 0.3 is 0 Å². The molecule has 0 radical (unpaired) electrons. The maximum Gasteiger partial charge on any atom is 0.234 e. The van der Waals surface area contributed by atoms with Crippen LogP contribution >= 0.6 is 12.2 Å². The van der Waals surface area contributed by atoms with Crippen LogP contribution < -0.4 is 20.3 Å². The standard InChI is InChI=1S/C23H31N5OS/c1-17-9-8-14-28(16-17)20-15-21(29-19-12-6-3-7-13-19)26-22(25-20)27-23(30)24-18-10-4-2-5-11-18/h3,6-7,12-13,15,17-18H,2,4-5,8-11,14,16H2,1H3,(H2,24,25,26,27,30)/t17-/m1/s1. The molecule has 1 aromatic carbocycles. The average Bonchev–Trinajstić information content (AvgIpc) is 2.75. The van der Waals surface area contributed by atoms with E-state index in [-0.39, 0.29) is 0 Å². The Morgan fingerprint density at radius 1 is 1.07 bits per heavy atom. The maximum absolute atomic E-state index is 6.03. The van der Waals surface area contributed by atoms with E-state index in [0.29, 0.717) is 28.9 Å². The van der Waals surface area contributed by atoms with Gasteiger partial charge in [-0.15, -0.1) is 0 Å². The predicted octanol–water partition coefficient (Wildman–Crippen LogP) is 5.12. The molecule has 0 amide bonds. The highest BCUT2D eigenvalue weighted by Gasteiger charge is 2.20. The number of hydrogen-bond donors (Lipinski definition) is 2. The molecule has 30 heavy (non-hydrogen) atoms. The molecule has 6 nitrogen and oxygen atoms in total. The second-order valence-corrected chi connectivity index (χ2v) is 8.84. The summed E-state index contributed by atoms with van der Waals surface area (Å²) in [6, 6.07) is 12.1. The third-order valence-electron chi connectivity index (χ3n) is 5.80. The second-order valence-electron chi connectivity index (χ2n) is 8.43. The number of nitrogens with zero attached hydrogens (tertiary/aromatic N) is 3. The largest absolute Gasteiger partial charge is 0.439 e. The summed E-state index contributed by atoms with van der Waals surface area (Å²) in [6.45, 7) is 4.28. The third kappa shape index (κ3) is 5.81. The number of hydrogen-bond acceptors (Lipinski definition) is 5. The van der Waals surface area contributed by atoms with Gasteiger partial charge in [0.15, 0.2) is 5.11 Å². The summed E-state index contributed by atoms with van der Waals surface area (Å²) >= 11 is 5.55. The van der Waals surface area contributed by atoms with E-state index in [9.17, 15) is 0 Å². The monoisotopic (exact) mass is 425 g/mol. The molecule has 7 heteroatoms. The molecule has 2 aromatic rings. The Hall–Kier alpha value is -2.41. The number of aromatic nitrogens is 2. The second kappa shape index (κ2) is 10.1. The molecule has 0 unspecified atom stereocenters. The number of piperidine rings is 1. The molecule has 2 heterocycles. The van der Waals surface area contributed by atoms with Crippen molar-refractivity contribution in [1.82, 2.24) is 15.3 Å². The zero-order chi connectivity index (χ0) is 20.8. The van der Waals surface area contributed by atoms with Gasteiger partial charge in [0, 0.05) is 25.2 Å². The van der Waals surface area contributed by atoms with Gasteiger partial charge in [0.25, 0.3) is 0 Å². The van der Waals surface area contributed by atoms with E-state index in [2.05, 4.69) is 27.4 Å². The average molecular weight is 426 g/mol. The van der Waals surface area contributed by atoms with Gasteiger partial charge in [-0.3, -0.25) is 0 Å². The van der Waals surface area contributed by atoms with Crippen molar-refractivity contribution in [2.45, 2.75) is 57.9 Å². The normalized spacial score (nSPS) is 19.9. The van der Waals surface area contributed by atoms with Crippen LogP contribution in [0.25, 0.3) is 0 Å². The Balaban J connectivity index is 1.52.